The fourth-order valence-corrected chi connectivity index (χ4v) is 4.34. The highest BCUT2D eigenvalue weighted by Gasteiger charge is 2.67. The summed E-state index contributed by atoms with van der Waals surface area (Å²) in [5, 5.41) is 0.903. The maximum Gasteiger partial charge on any atom is 0.0626 e. The molecule has 1 aromatic carbocycles. The predicted molar refractivity (Wildman–Crippen MR) is 80.6 cm³/mol. The Hall–Kier alpha value is -0.200. The van der Waals surface area contributed by atoms with Gasteiger partial charge in [-0.2, -0.15) is 0 Å². The highest BCUT2D eigenvalue weighted by atomic mass is 35.5. The van der Waals surface area contributed by atoms with Gasteiger partial charge in [-0.1, -0.05) is 45.4 Å². The summed E-state index contributed by atoms with van der Waals surface area (Å²) in [6.45, 7) is 13.4. The molecule has 1 aromatic rings. The molecule has 0 N–H and O–H groups in total. The molecule has 1 fully saturated rings. The van der Waals surface area contributed by atoms with E-state index in [0.29, 0.717) is 16.7 Å². The van der Waals surface area contributed by atoms with Crippen LogP contribution in [0.5, 0.6) is 0 Å². The standard InChI is InChI=1S/C16H22Cl2/c1-9-8-12(17)10(2)7-11(9)13(18)14-15(3,4)16(14,5)6/h7-8,13-14H,1-6H3. The van der Waals surface area contributed by atoms with Gasteiger partial charge in [-0.25, -0.2) is 0 Å². The number of halogens is 2. The van der Waals surface area contributed by atoms with Gasteiger partial charge < -0.3 is 0 Å². The molecule has 0 aliphatic heterocycles. The van der Waals surface area contributed by atoms with Crippen LogP contribution in [0.2, 0.25) is 5.02 Å². The molecule has 0 saturated heterocycles. The van der Waals surface area contributed by atoms with E-state index in [1.165, 1.54) is 11.1 Å². The number of aryl methyl sites for hydroxylation is 2. The van der Waals surface area contributed by atoms with Gasteiger partial charge in [0.15, 0.2) is 0 Å². The summed E-state index contributed by atoms with van der Waals surface area (Å²) >= 11 is 12.9. The SMILES string of the molecule is Cc1cc(C(Cl)C2C(C)(C)C2(C)C)c(C)cc1Cl. The summed E-state index contributed by atoms with van der Waals surface area (Å²) in [5.41, 5.74) is 4.16. The molecule has 0 radical (unpaired) electrons. The summed E-state index contributed by atoms with van der Waals surface area (Å²) in [7, 11) is 0. The maximum absolute atomic E-state index is 6.76. The van der Waals surface area contributed by atoms with E-state index in [9.17, 15) is 0 Å². The van der Waals surface area contributed by atoms with Crippen LogP contribution in [0.25, 0.3) is 0 Å². The first-order valence-corrected chi connectivity index (χ1v) is 7.33. The molecule has 1 saturated carbocycles. The number of hydrogen-bond donors (Lipinski definition) is 0. The minimum Gasteiger partial charge on any atom is -0.117 e. The molecule has 2 heteroatoms. The molecule has 1 atom stereocenters. The quantitative estimate of drug-likeness (QED) is 0.592. The molecule has 0 nitrogen and oxygen atoms in total. The summed E-state index contributed by atoms with van der Waals surface area (Å²) in [6.07, 6.45) is 0. The molecule has 1 aliphatic carbocycles. The molecule has 0 aromatic heterocycles. The van der Waals surface area contributed by atoms with Gasteiger partial charge in [0.05, 0.1) is 5.38 Å². The smallest absolute Gasteiger partial charge is 0.0626 e. The largest absolute Gasteiger partial charge is 0.117 e. The van der Waals surface area contributed by atoms with Crippen LogP contribution in [0, 0.1) is 30.6 Å². The fourth-order valence-electron chi connectivity index (χ4n) is 3.26. The molecular formula is C16H22Cl2. The van der Waals surface area contributed by atoms with Gasteiger partial charge >= 0.3 is 0 Å². The molecule has 2 rings (SSSR count). The average Bonchev–Trinajstić information content (AvgIpc) is 2.62. The average molecular weight is 285 g/mol. The van der Waals surface area contributed by atoms with Crippen LogP contribution in [0.4, 0.5) is 0 Å². The second-order valence-electron chi connectivity index (χ2n) is 6.78. The summed E-state index contributed by atoms with van der Waals surface area (Å²) in [5.74, 6) is 0.519. The maximum atomic E-state index is 6.76. The van der Waals surface area contributed by atoms with Crippen molar-refractivity contribution in [1.82, 2.24) is 0 Å². The van der Waals surface area contributed by atoms with E-state index in [1.807, 2.05) is 13.0 Å². The summed E-state index contributed by atoms with van der Waals surface area (Å²) in [4.78, 5) is 0. The lowest BCUT2D eigenvalue weighted by Gasteiger charge is -2.16. The third-order valence-corrected chi connectivity index (χ3v) is 6.16. The monoisotopic (exact) mass is 284 g/mol. The van der Waals surface area contributed by atoms with E-state index < -0.39 is 0 Å². The van der Waals surface area contributed by atoms with E-state index in [1.54, 1.807) is 0 Å². The Bertz CT molecular complexity index is 472. The first kappa shape index (κ1) is 14.2. The van der Waals surface area contributed by atoms with Crippen molar-refractivity contribution >= 4 is 23.2 Å². The van der Waals surface area contributed by atoms with Crippen LogP contribution in [0.15, 0.2) is 12.1 Å². The zero-order valence-electron chi connectivity index (χ0n) is 12.1. The Morgan fingerprint density at radius 1 is 1.00 bits per heavy atom. The van der Waals surface area contributed by atoms with Crippen molar-refractivity contribution in [3.05, 3.63) is 33.8 Å². The number of hydrogen-bond acceptors (Lipinski definition) is 0. The second-order valence-corrected chi connectivity index (χ2v) is 7.66. The van der Waals surface area contributed by atoms with Gasteiger partial charge in [-0.3, -0.25) is 0 Å². The lowest BCUT2D eigenvalue weighted by Crippen LogP contribution is -2.02. The zero-order valence-corrected chi connectivity index (χ0v) is 13.6. The van der Waals surface area contributed by atoms with E-state index in [0.717, 1.165) is 10.6 Å². The Labute approximate surface area is 121 Å². The second kappa shape index (κ2) is 4.15. The van der Waals surface area contributed by atoms with Crippen LogP contribution >= 0.6 is 23.2 Å². The molecule has 0 amide bonds. The highest BCUT2D eigenvalue weighted by Crippen LogP contribution is 2.73. The topological polar surface area (TPSA) is 0 Å². The molecule has 1 aliphatic rings. The van der Waals surface area contributed by atoms with Crippen molar-refractivity contribution in [3.63, 3.8) is 0 Å². The summed E-state index contributed by atoms with van der Waals surface area (Å²) in [6, 6.07) is 4.18. The molecule has 18 heavy (non-hydrogen) atoms. The van der Waals surface area contributed by atoms with Gasteiger partial charge in [0.25, 0.3) is 0 Å². The molecule has 0 spiro atoms. The van der Waals surface area contributed by atoms with Crippen LogP contribution in [-0.2, 0) is 0 Å². The van der Waals surface area contributed by atoms with E-state index in [-0.39, 0.29) is 5.38 Å². The molecule has 0 heterocycles. The fraction of sp³-hybridized carbons (Fsp3) is 0.625. The zero-order chi connectivity index (χ0) is 13.9. The van der Waals surface area contributed by atoms with Gasteiger partial charge in [0.1, 0.15) is 0 Å². The Kier molecular flexibility index (Phi) is 3.28. The van der Waals surface area contributed by atoms with Crippen molar-refractivity contribution in [1.29, 1.82) is 0 Å². The highest BCUT2D eigenvalue weighted by molar-refractivity contribution is 6.31. The van der Waals surface area contributed by atoms with E-state index in [2.05, 4.69) is 40.7 Å². The van der Waals surface area contributed by atoms with Crippen LogP contribution in [0.3, 0.4) is 0 Å². The van der Waals surface area contributed by atoms with Gasteiger partial charge in [-0.15, -0.1) is 11.6 Å². The van der Waals surface area contributed by atoms with Crippen molar-refractivity contribution in [3.8, 4) is 0 Å². The molecule has 1 unspecified atom stereocenters. The van der Waals surface area contributed by atoms with Gasteiger partial charge in [0.2, 0.25) is 0 Å². The first-order valence-electron chi connectivity index (χ1n) is 6.51. The lowest BCUT2D eigenvalue weighted by atomic mass is 9.96. The molecule has 0 bridgehead atoms. The van der Waals surface area contributed by atoms with Crippen LogP contribution in [-0.4, -0.2) is 0 Å². The van der Waals surface area contributed by atoms with Crippen LogP contribution in [0.1, 0.15) is 49.8 Å². The van der Waals surface area contributed by atoms with Gasteiger partial charge in [-0.05, 0) is 53.4 Å². The first-order chi connectivity index (χ1) is 8.10. The summed E-state index contributed by atoms with van der Waals surface area (Å²) < 4.78 is 0. The normalized spacial score (nSPS) is 22.9. The Morgan fingerprint density at radius 2 is 1.50 bits per heavy atom. The number of benzene rings is 1. The molecule has 100 valence electrons. The minimum atomic E-state index is 0.0750. The Balaban J connectivity index is 2.37. The third kappa shape index (κ3) is 1.89. The Morgan fingerprint density at radius 3 is 1.94 bits per heavy atom. The van der Waals surface area contributed by atoms with Crippen molar-refractivity contribution in [2.75, 3.05) is 0 Å². The molecular weight excluding hydrogens is 263 g/mol. The number of rotatable bonds is 2. The minimum absolute atomic E-state index is 0.0750. The predicted octanol–water partition coefficient (Wildman–Crippen LogP) is 5.92. The number of alkyl halides is 1. The third-order valence-electron chi connectivity index (χ3n) is 5.27. The van der Waals surface area contributed by atoms with Gasteiger partial charge in [0, 0.05) is 5.02 Å². The van der Waals surface area contributed by atoms with Crippen LogP contribution < -0.4 is 0 Å². The van der Waals surface area contributed by atoms with E-state index >= 15 is 0 Å². The lowest BCUT2D eigenvalue weighted by molar-refractivity contribution is 0.457. The van der Waals surface area contributed by atoms with E-state index in [4.69, 9.17) is 23.2 Å². The van der Waals surface area contributed by atoms with Crippen molar-refractivity contribution in [2.45, 2.75) is 46.9 Å². The van der Waals surface area contributed by atoms with Crippen molar-refractivity contribution in [2.24, 2.45) is 16.7 Å². The van der Waals surface area contributed by atoms with Crippen molar-refractivity contribution < 1.29 is 0 Å².